The number of nitrogens with zero attached hydrogens (tertiary/aromatic N) is 3. The van der Waals surface area contributed by atoms with E-state index in [-0.39, 0.29) is 56.5 Å². The summed E-state index contributed by atoms with van der Waals surface area (Å²) >= 11 is 0. The Morgan fingerprint density at radius 3 is 2.39 bits per heavy atom. The molecule has 2 aliphatic heterocycles. The first-order valence-corrected chi connectivity index (χ1v) is 19.4. The first-order valence-electron chi connectivity index (χ1n) is 19.4. The maximum atomic E-state index is 13.7. The molecule has 314 valence electrons. The number of nitrogens with one attached hydrogen (secondary N) is 4. The van der Waals surface area contributed by atoms with Gasteiger partial charge in [-0.15, -0.1) is 0 Å². The summed E-state index contributed by atoms with van der Waals surface area (Å²) in [5.41, 5.74) is 9.43. The number of amides is 7. The number of primary amides is 1. The molecule has 6 N–H and O–H groups in total. The second-order valence-electron chi connectivity index (χ2n) is 14.7. The highest BCUT2D eigenvalue weighted by Crippen LogP contribution is 2.38. The molecule has 17 heteroatoms. The topological polar surface area (TPSA) is 223 Å². The van der Waals surface area contributed by atoms with Gasteiger partial charge in [0, 0.05) is 45.0 Å². The highest BCUT2D eigenvalue weighted by atomic mass is 16.6. The third-order valence-electron chi connectivity index (χ3n) is 9.94. The lowest BCUT2D eigenvalue weighted by molar-refractivity contribution is -0.131. The molecule has 3 aromatic carbocycles. The van der Waals surface area contributed by atoms with Gasteiger partial charge in [-0.25, -0.2) is 9.59 Å². The summed E-state index contributed by atoms with van der Waals surface area (Å²) in [6, 6.07) is 15.3. The molecule has 2 heterocycles. The molecule has 0 aromatic heterocycles. The molecular formula is C42H52N8O9. The standard InChI is InChI=1S/C42H52N8O9/c1-25(2)37(46-26(3)51)39(53)48-33(11-8-16-44-41(43)55)38(52)47-30-14-12-27(13-15-30)24-59-42(56)49(4)17-18-58-36-21-34-32(20-35(36)57-5)40(54)50-23-29-10-7-6-9-28(29)19-31(50)22-45-34/h6-7,9-10,12-15,20-22,25,31,33,37H,8,11,16-19,23-24H2,1-5H3,(H,46,51)(H,47,52)(H,48,53)(H3,43,44,55)/t31-,33-,37-/m0/s1. The van der Waals surface area contributed by atoms with E-state index in [2.05, 4.69) is 32.3 Å². The number of aliphatic imine (C=N–C) groups is 1. The van der Waals surface area contributed by atoms with Crippen molar-refractivity contribution in [3.63, 3.8) is 0 Å². The van der Waals surface area contributed by atoms with Crippen LogP contribution in [0, 0.1) is 5.92 Å². The average molecular weight is 813 g/mol. The Morgan fingerprint density at radius 1 is 0.983 bits per heavy atom. The largest absolute Gasteiger partial charge is 0.493 e. The quantitative estimate of drug-likeness (QED) is 0.125. The molecule has 0 spiro atoms. The lowest BCUT2D eigenvalue weighted by Crippen LogP contribution is -2.54. The highest BCUT2D eigenvalue weighted by Gasteiger charge is 2.33. The SMILES string of the molecule is COc1cc2c(cc1OCCN(C)C(=O)OCc1ccc(NC(=O)[C@H](CCCNC(N)=O)NC(=O)[C@@H](NC(C)=O)C(C)C)cc1)N=C[C@@H]1Cc3ccccc3CN1C2=O. The molecule has 0 fully saturated rings. The molecule has 59 heavy (non-hydrogen) atoms. The van der Waals surface area contributed by atoms with E-state index in [1.807, 2.05) is 23.1 Å². The molecule has 0 aliphatic carbocycles. The predicted molar refractivity (Wildman–Crippen MR) is 220 cm³/mol. The van der Waals surface area contributed by atoms with Gasteiger partial charge in [0.2, 0.25) is 17.7 Å². The number of likely N-dealkylation sites (N-methyl/N-ethyl adjacent to an activating group) is 1. The van der Waals surface area contributed by atoms with Crippen LogP contribution in [0.1, 0.15) is 60.7 Å². The third kappa shape index (κ3) is 11.7. The lowest BCUT2D eigenvalue weighted by Gasteiger charge is -2.34. The molecule has 7 amide bonds. The minimum atomic E-state index is -0.982. The first-order chi connectivity index (χ1) is 28.2. The molecule has 5 rings (SSSR count). The fourth-order valence-corrected chi connectivity index (χ4v) is 6.68. The summed E-state index contributed by atoms with van der Waals surface area (Å²) in [7, 11) is 3.07. The van der Waals surface area contributed by atoms with Crippen LogP contribution in [0.4, 0.5) is 21.0 Å². The number of nitrogens with two attached hydrogens (primary N) is 1. The molecule has 0 unspecified atom stereocenters. The molecule has 3 atom stereocenters. The number of carbonyl (C=O) groups excluding carboxylic acids is 6. The number of carbonyl (C=O) groups is 6. The van der Waals surface area contributed by atoms with E-state index in [4.69, 9.17) is 19.9 Å². The van der Waals surface area contributed by atoms with Gasteiger partial charge in [-0.2, -0.15) is 0 Å². The molecule has 3 aromatic rings. The van der Waals surface area contributed by atoms with Crippen molar-refractivity contribution in [1.82, 2.24) is 25.8 Å². The van der Waals surface area contributed by atoms with E-state index in [9.17, 15) is 28.8 Å². The van der Waals surface area contributed by atoms with Crippen molar-refractivity contribution in [2.45, 2.75) is 71.3 Å². The zero-order valence-electron chi connectivity index (χ0n) is 33.9. The van der Waals surface area contributed by atoms with E-state index in [1.54, 1.807) is 63.5 Å². The second kappa shape index (κ2) is 20.2. The normalized spacial score (nSPS) is 15.0. The van der Waals surface area contributed by atoms with Crippen LogP contribution in [-0.4, -0.2) is 104 Å². The van der Waals surface area contributed by atoms with E-state index in [1.165, 1.54) is 24.5 Å². The van der Waals surface area contributed by atoms with E-state index in [0.29, 0.717) is 53.4 Å². The van der Waals surface area contributed by atoms with Crippen LogP contribution in [-0.2, 0) is 38.7 Å². The Labute approximate surface area is 343 Å². The number of ether oxygens (including phenoxy) is 3. The average Bonchev–Trinajstić information content (AvgIpc) is 3.33. The van der Waals surface area contributed by atoms with Gasteiger partial charge in [0.05, 0.1) is 30.9 Å². The Hall–Kier alpha value is -6.65. The highest BCUT2D eigenvalue weighted by molar-refractivity contribution is 6.03. The van der Waals surface area contributed by atoms with Crippen LogP contribution in [0.2, 0.25) is 0 Å². The number of anilines is 1. The van der Waals surface area contributed by atoms with Gasteiger partial charge in [-0.3, -0.25) is 24.2 Å². The van der Waals surface area contributed by atoms with Gasteiger partial charge in [0.15, 0.2) is 11.5 Å². The van der Waals surface area contributed by atoms with E-state index < -0.39 is 36.0 Å². The van der Waals surface area contributed by atoms with Gasteiger partial charge in [0.25, 0.3) is 5.91 Å². The van der Waals surface area contributed by atoms with E-state index in [0.717, 1.165) is 5.56 Å². The van der Waals surface area contributed by atoms with Crippen LogP contribution < -0.4 is 36.5 Å². The van der Waals surface area contributed by atoms with Gasteiger partial charge in [0.1, 0.15) is 25.3 Å². The van der Waals surface area contributed by atoms with Crippen LogP contribution in [0.25, 0.3) is 0 Å². The minimum Gasteiger partial charge on any atom is -0.493 e. The number of hydrogen-bond acceptors (Lipinski definition) is 10. The van der Waals surface area contributed by atoms with Crippen molar-refractivity contribution >= 4 is 53.3 Å². The van der Waals surface area contributed by atoms with Crippen LogP contribution in [0.5, 0.6) is 11.5 Å². The summed E-state index contributed by atoms with van der Waals surface area (Å²) in [4.78, 5) is 83.5. The van der Waals surface area contributed by atoms with Gasteiger partial charge < -0.3 is 51.0 Å². The van der Waals surface area contributed by atoms with Gasteiger partial charge >= 0.3 is 12.1 Å². The lowest BCUT2D eigenvalue weighted by atomic mass is 9.94. The molecule has 2 aliphatic rings. The Morgan fingerprint density at radius 2 is 1.71 bits per heavy atom. The Bertz CT molecular complexity index is 2060. The summed E-state index contributed by atoms with van der Waals surface area (Å²) in [6.07, 6.45) is 2.42. The third-order valence-corrected chi connectivity index (χ3v) is 9.94. The van der Waals surface area contributed by atoms with Gasteiger partial charge in [-0.1, -0.05) is 50.2 Å². The minimum absolute atomic E-state index is 0.0443. The number of methoxy groups -OCH3 is 1. The maximum absolute atomic E-state index is 13.7. The molecule has 0 bridgehead atoms. The zero-order valence-corrected chi connectivity index (χ0v) is 33.9. The monoisotopic (exact) mass is 812 g/mol. The fraction of sp³-hybridized carbons (Fsp3) is 0.405. The van der Waals surface area contributed by atoms with Crippen LogP contribution in [0.15, 0.2) is 65.7 Å². The van der Waals surface area contributed by atoms with Crippen LogP contribution in [0.3, 0.4) is 0 Å². The van der Waals surface area contributed by atoms with Crippen molar-refractivity contribution in [2.75, 3.05) is 39.2 Å². The van der Waals surface area contributed by atoms with Crippen molar-refractivity contribution in [2.24, 2.45) is 16.6 Å². The Kier molecular flexibility index (Phi) is 14.9. The summed E-state index contributed by atoms with van der Waals surface area (Å²) in [5, 5.41) is 10.6. The number of urea groups is 1. The number of rotatable bonds is 17. The smallest absolute Gasteiger partial charge is 0.409 e. The Balaban J connectivity index is 1.11. The van der Waals surface area contributed by atoms with Crippen molar-refractivity contribution in [3.05, 3.63) is 82.9 Å². The first kappa shape index (κ1) is 43.5. The molecule has 0 radical (unpaired) electrons. The molecule has 0 saturated heterocycles. The second-order valence-corrected chi connectivity index (χ2v) is 14.7. The summed E-state index contributed by atoms with van der Waals surface area (Å²) < 4.78 is 17.1. The number of fused-ring (bicyclic) bond motifs is 3. The fourth-order valence-electron chi connectivity index (χ4n) is 6.68. The molecular weight excluding hydrogens is 761 g/mol. The predicted octanol–water partition coefficient (Wildman–Crippen LogP) is 3.66. The van der Waals surface area contributed by atoms with Crippen molar-refractivity contribution in [3.8, 4) is 11.5 Å². The summed E-state index contributed by atoms with van der Waals surface area (Å²) in [6.45, 7) is 5.78. The van der Waals surface area contributed by atoms with E-state index >= 15 is 0 Å². The van der Waals surface area contributed by atoms with Crippen molar-refractivity contribution in [1.29, 1.82) is 0 Å². The number of benzene rings is 3. The molecule has 0 saturated carbocycles. The van der Waals surface area contributed by atoms with Crippen LogP contribution >= 0.6 is 0 Å². The maximum Gasteiger partial charge on any atom is 0.409 e. The molecule has 17 nitrogen and oxygen atoms in total. The van der Waals surface area contributed by atoms with Crippen molar-refractivity contribution < 1.29 is 43.0 Å². The van der Waals surface area contributed by atoms with Gasteiger partial charge in [-0.05, 0) is 60.1 Å². The zero-order chi connectivity index (χ0) is 42.6. The number of hydrogen-bond donors (Lipinski definition) is 5. The summed E-state index contributed by atoms with van der Waals surface area (Å²) in [5.74, 6) is -1.03.